The lowest BCUT2D eigenvalue weighted by atomic mass is 9.96. The molecule has 1 saturated carbocycles. The summed E-state index contributed by atoms with van der Waals surface area (Å²) in [6, 6.07) is 10.1. The van der Waals surface area contributed by atoms with Crippen LogP contribution in [0.3, 0.4) is 0 Å². The zero-order valence-electron chi connectivity index (χ0n) is 17.0. The van der Waals surface area contributed by atoms with Gasteiger partial charge < -0.3 is 9.73 Å². The van der Waals surface area contributed by atoms with Crippen molar-refractivity contribution in [2.75, 3.05) is 26.0 Å². The summed E-state index contributed by atoms with van der Waals surface area (Å²) in [4.78, 5) is 14.3. The molecule has 2 aromatic rings. The van der Waals surface area contributed by atoms with Crippen LogP contribution in [0.2, 0.25) is 0 Å². The third kappa shape index (κ3) is 5.68. The van der Waals surface area contributed by atoms with Crippen molar-refractivity contribution in [3.63, 3.8) is 0 Å². The zero-order chi connectivity index (χ0) is 20.9. The predicted octanol–water partition coefficient (Wildman–Crippen LogP) is 3.30. The largest absolute Gasteiger partial charge is 0.468 e. The number of benzene rings is 1. The average Bonchev–Trinajstić information content (AvgIpc) is 3.21. The van der Waals surface area contributed by atoms with Crippen molar-refractivity contribution in [2.45, 2.75) is 49.6 Å². The number of sulfonamides is 1. The van der Waals surface area contributed by atoms with Crippen LogP contribution in [0.4, 0.5) is 5.69 Å². The number of carbonyl (C=O) groups is 1. The summed E-state index contributed by atoms with van der Waals surface area (Å²) >= 11 is 0. The number of nitrogens with one attached hydrogen (secondary N) is 1. The molecular formula is C21H29N3O4S. The van der Waals surface area contributed by atoms with E-state index in [1.165, 1.54) is 10.7 Å². The van der Waals surface area contributed by atoms with E-state index in [2.05, 4.69) is 5.32 Å². The molecule has 1 aromatic carbocycles. The minimum absolute atomic E-state index is 0.0674. The van der Waals surface area contributed by atoms with Crippen LogP contribution >= 0.6 is 0 Å². The van der Waals surface area contributed by atoms with Gasteiger partial charge in [0.15, 0.2) is 0 Å². The molecule has 8 heteroatoms. The number of carbonyl (C=O) groups excluding carboxylic acids is 1. The predicted molar refractivity (Wildman–Crippen MR) is 112 cm³/mol. The Kier molecular flexibility index (Phi) is 7.10. The zero-order valence-corrected chi connectivity index (χ0v) is 17.8. The van der Waals surface area contributed by atoms with Crippen LogP contribution in [0, 0.1) is 0 Å². The van der Waals surface area contributed by atoms with E-state index in [-0.39, 0.29) is 23.4 Å². The van der Waals surface area contributed by atoms with Crippen molar-refractivity contribution < 1.29 is 17.6 Å². The molecule has 1 aliphatic carbocycles. The van der Waals surface area contributed by atoms with Crippen LogP contribution in [0.25, 0.3) is 0 Å². The number of likely N-dealkylation sites (N-methyl/N-ethyl adjacent to an activating group) is 1. The second-order valence-electron chi connectivity index (χ2n) is 7.64. The van der Waals surface area contributed by atoms with Gasteiger partial charge in [-0.1, -0.05) is 19.3 Å². The molecule has 0 unspecified atom stereocenters. The first kappa shape index (κ1) is 21.5. The Hall–Kier alpha value is -2.16. The fraction of sp³-hybridized carbons (Fsp3) is 0.476. The van der Waals surface area contributed by atoms with Crippen LogP contribution in [0.15, 0.2) is 52.0 Å². The topological polar surface area (TPSA) is 82.9 Å². The van der Waals surface area contributed by atoms with Crippen molar-refractivity contribution in [1.29, 1.82) is 0 Å². The third-order valence-corrected chi connectivity index (χ3v) is 7.25. The maximum atomic E-state index is 12.9. The maximum Gasteiger partial charge on any atom is 0.243 e. The Bertz CT molecular complexity index is 889. The molecule has 1 heterocycles. The van der Waals surface area contributed by atoms with E-state index in [1.807, 2.05) is 24.1 Å². The van der Waals surface area contributed by atoms with Crippen LogP contribution < -0.4 is 5.32 Å². The number of amides is 1. The smallest absolute Gasteiger partial charge is 0.243 e. The number of hydrogen-bond donors (Lipinski definition) is 1. The molecule has 0 saturated heterocycles. The molecule has 0 bridgehead atoms. The molecule has 0 spiro atoms. The van der Waals surface area contributed by atoms with Crippen LogP contribution in [-0.2, 0) is 21.4 Å². The Morgan fingerprint density at radius 3 is 2.41 bits per heavy atom. The van der Waals surface area contributed by atoms with Crippen molar-refractivity contribution in [3.05, 3.63) is 48.4 Å². The first-order chi connectivity index (χ1) is 13.9. The molecule has 1 aliphatic rings. The lowest BCUT2D eigenvalue weighted by molar-refractivity contribution is -0.117. The molecule has 29 heavy (non-hydrogen) atoms. The molecule has 0 radical (unpaired) electrons. The summed E-state index contributed by atoms with van der Waals surface area (Å²) in [5.74, 6) is 0.617. The van der Waals surface area contributed by atoms with E-state index < -0.39 is 10.0 Å². The summed E-state index contributed by atoms with van der Waals surface area (Å²) in [7, 11) is -0.0351. The highest BCUT2D eigenvalue weighted by molar-refractivity contribution is 7.89. The number of nitrogens with zero attached hydrogens (tertiary/aromatic N) is 2. The van der Waals surface area contributed by atoms with Crippen molar-refractivity contribution in [1.82, 2.24) is 9.21 Å². The highest BCUT2D eigenvalue weighted by Crippen LogP contribution is 2.27. The summed E-state index contributed by atoms with van der Waals surface area (Å²) in [5.41, 5.74) is 0.570. The van der Waals surface area contributed by atoms with Crippen LogP contribution in [0.1, 0.15) is 37.9 Å². The highest BCUT2D eigenvalue weighted by Gasteiger charge is 2.28. The van der Waals surface area contributed by atoms with Gasteiger partial charge in [-0.2, -0.15) is 4.31 Å². The first-order valence-electron chi connectivity index (χ1n) is 9.95. The molecule has 0 aliphatic heterocycles. The van der Waals surface area contributed by atoms with Gasteiger partial charge in [0.1, 0.15) is 5.76 Å². The fourth-order valence-corrected chi connectivity index (χ4v) is 5.10. The molecule has 0 atom stereocenters. The molecule has 7 nitrogen and oxygen atoms in total. The van der Waals surface area contributed by atoms with Crippen molar-refractivity contribution >= 4 is 21.6 Å². The lowest BCUT2D eigenvalue weighted by Gasteiger charge is -2.30. The molecular weight excluding hydrogens is 390 g/mol. The SMILES string of the molecule is CN(CC(=O)Nc1ccc(S(=O)(=O)N(C)C2CCCCC2)cc1)Cc1ccco1. The molecule has 1 fully saturated rings. The Balaban J connectivity index is 1.56. The number of furan rings is 1. The monoisotopic (exact) mass is 419 g/mol. The Labute approximate surface area is 172 Å². The van der Waals surface area contributed by atoms with E-state index in [0.29, 0.717) is 12.2 Å². The molecule has 1 N–H and O–H groups in total. The summed E-state index contributed by atoms with van der Waals surface area (Å²) < 4.78 is 32.6. The number of hydrogen-bond acceptors (Lipinski definition) is 5. The van der Waals surface area contributed by atoms with E-state index in [4.69, 9.17) is 4.42 Å². The standard InChI is InChI=1S/C21H29N3O4S/c1-23(15-19-9-6-14-28-19)16-21(25)22-17-10-12-20(13-11-17)29(26,27)24(2)18-7-4-3-5-8-18/h6,9-14,18H,3-5,7-8,15-16H2,1-2H3,(H,22,25). The molecule has 1 aromatic heterocycles. The van der Waals surface area contributed by atoms with Crippen molar-refractivity contribution in [2.24, 2.45) is 0 Å². The van der Waals surface area contributed by atoms with Gasteiger partial charge in [-0.05, 0) is 56.3 Å². The second kappa shape index (κ2) is 9.56. The molecule has 3 rings (SSSR count). The highest BCUT2D eigenvalue weighted by atomic mass is 32.2. The van der Waals surface area contributed by atoms with Crippen LogP contribution in [-0.4, -0.2) is 50.2 Å². The third-order valence-electron chi connectivity index (χ3n) is 5.32. The van der Waals surface area contributed by atoms with E-state index in [9.17, 15) is 13.2 Å². The van der Waals surface area contributed by atoms with Crippen molar-refractivity contribution in [3.8, 4) is 0 Å². The minimum Gasteiger partial charge on any atom is -0.468 e. The van der Waals surface area contributed by atoms with Gasteiger partial charge >= 0.3 is 0 Å². The maximum absolute atomic E-state index is 12.9. The van der Waals surface area contributed by atoms with E-state index in [0.717, 1.165) is 31.4 Å². The number of rotatable bonds is 8. The van der Waals surface area contributed by atoms with Gasteiger partial charge in [0, 0.05) is 18.8 Å². The van der Waals surface area contributed by atoms with Gasteiger partial charge in [-0.3, -0.25) is 9.69 Å². The Morgan fingerprint density at radius 1 is 1.10 bits per heavy atom. The van der Waals surface area contributed by atoms with E-state index in [1.54, 1.807) is 37.6 Å². The second-order valence-corrected chi connectivity index (χ2v) is 9.63. The summed E-state index contributed by atoms with van der Waals surface area (Å²) in [5, 5.41) is 2.80. The summed E-state index contributed by atoms with van der Waals surface area (Å²) in [6.07, 6.45) is 6.75. The average molecular weight is 420 g/mol. The quantitative estimate of drug-likeness (QED) is 0.710. The van der Waals surface area contributed by atoms with Gasteiger partial charge in [0.05, 0.1) is 24.2 Å². The van der Waals surface area contributed by atoms with Gasteiger partial charge in [0.25, 0.3) is 0 Å². The Morgan fingerprint density at radius 2 is 1.79 bits per heavy atom. The summed E-state index contributed by atoms with van der Waals surface area (Å²) in [6.45, 7) is 0.732. The minimum atomic E-state index is -3.53. The van der Waals surface area contributed by atoms with Gasteiger partial charge in [0.2, 0.25) is 15.9 Å². The fourth-order valence-electron chi connectivity index (χ4n) is 3.69. The molecule has 158 valence electrons. The normalized spacial score (nSPS) is 15.7. The van der Waals surface area contributed by atoms with E-state index >= 15 is 0 Å². The lowest BCUT2D eigenvalue weighted by Crippen LogP contribution is -2.38. The molecule has 1 amide bonds. The van der Waals surface area contributed by atoms with Gasteiger partial charge in [-0.25, -0.2) is 8.42 Å². The van der Waals surface area contributed by atoms with Crippen LogP contribution in [0.5, 0.6) is 0 Å². The van der Waals surface area contributed by atoms with Gasteiger partial charge in [-0.15, -0.1) is 0 Å². The first-order valence-corrected chi connectivity index (χ1v) is 11.4. The number of anilines is 1.